The van der Waals surface area contributed by atoms with E-state index in [1.807, 2.05) is 43.3 Å². The Morgan fingerprint density at radius 1 is 1.17 bits per heavy atom. The lowest BCUT2D eigenvalue weighted by Gasteiger charge is -2.15. The Morgan fingerprint density at radius 3 is 2.54 bits per heavy atom. The lowest BCUT2D eigenvalue weighted by Crippen LogP contribution is -2.23. The molecular weight excluding hydrogens is 298 g/mol. The number of fused-ring (bicyclic) bond motifs is 1. The number of benzene rings is 2. The molecule has 122 valence electrons. The molecule has 1 saturated carbocycles. The van der Waals surface area contributed by atoms with E-state index < -0.39 is 0 Å². The summed E-state index contributed by atoms with van der Waals surface area (Å²) in [5.41, 5.74) is 4.74. The molecule has 0 bridgehead atoms. The molecule has 4 rings (SSSR count). The number of rotatable bonds is 3. The summed E-state index contributed by atoms with van der Waals surface area (Å²) in [6, 6.07) is 13.9. The van der Waals surface area contributed by atoms with Gasteiger partial charge < -0.3 is 9.67 Å². The van der Waals surface area contributed by atoms with Crippen LogP contribution in [0.3, 0.4) is 0 Å². The number of pyridine rings is 1. The van der Waals surface area contributed by atoms with Gasteiger partial charge in [-0.1, -0.05) is 30.3 Å². The fourth-order valence-corrected chi connectivity index (χ4v) is 3.57. The van der Waals surface area contributed by atoms with Crippen molar-refractivity contribution in [3.63, 3.8) is 0 Å². The van der Waals surface area contributed by atoms with Crippen LogP contribution in [0.15, 0.2) is 47.3 Å². The van der Waals surface area contributed by atoms with E-state index >= 15 is 0 Å². The van der Waals surface area contributed by atoms with Gasteiger partial charge in [0.15, 0.2) is 0 Å². The minimum atomic E-state index is 0.0243. The lowest BCUT2D eigenvalue weighted by atomic mass is 9.96. The second-order valence-electron chi connectivity index (χ2n) is 6.84. The smallest absolute Gasteiger partial charge is 0.254 e. The number of aromatic hydroxyl groups is 1. The third kappa shape index (κ3) is 2.41. The highest BCUT2D eigenvalue weighted by Gasteiger charge is 2.26. The van der Waals surface area contributed by atoms with E-state index in [0.717, 1.165) is 33.2 Å². The quantitative estimate of drug-likeness (QED) is 0.792. The summed E-state index contributed by atoms with van der Waals surface area (Å²) in [5.74, 6) is 0.830. The highest BCUT2D eigenvalue weighted by atomic mass is 16.3. The molecule has 0 atom stereocenters. The largest absolute Gasteiger partial charge is 0.507 e. The van der Waals surface area contributed by atoms with Gasteiger partial charge in [0.05, 0.1) is 5.52 Å². The predicted molar refractivity (Wildman–Crippen MR) is 96.8 cm³/mol. The van der Waals surface area contributed by atoms with Crippen molar-refractivity contribution in [3.8, 4) is 5.75 Å². The van der Waals surface area contributed by atoms with Gasteiger partial charge in [-0.25, -0.2) is 0 Å². The molecule has 1 fully saturated rings. The number of hydrogen-bond donors (Lipinski definition) is 1. The average molecular weight is 319 g/mol. The first kappa shape index (κ1) is 15.0. The summed E-state index contributed by atoms with van der Waals surface area (Å²) in [5, 5.41) is 11.4. The van der Waals surface area contributed by atoms with Crippen molar-refractivity contribution in [2.75, 3.05) is 0 Å². The molecule has 3 nitrogen and oxygen atoms in total. The number of nitrogens with zero attached hydrogens (tertiary/aromatic N) is 1. The summed E-state index contributed by atoms with van der Waals surface area (Å²) in [4.78, 5) is 12.9. The van der Waals surface area contributed by atoms with Gasteiger partial charge in [0.25, 0.3) is 5.56 Å². The Bertz CT molecular complexity index is 982. The van der Waals surface area contributed by atoms with Crippen LogP contribution in [0, 0.1) is 6.92 Å². The Labute approximate surface area is 141 Å². The van der Waals surface area contributed by atoms with Gasteiger partial charge >= 0.3 is 0 Å². The van der Waals surface area contributed by atoms with Crippen LogP contribution >= 0.6 is 0 Å². The summed E-state index contributed by atoms with van der Waals surface area (Å²) in [7, 11) is 1.80. The van der Waals surface area contributed by atoms with E-state index in [1.54, 1.807) is 11.6 Å². The van der Waals surface area contributed by atoms with E-state index in [0.29, 0.717) is 12.3 Å². The van der Waals surface area contributed by atoms with Crippen molar-refractivity contribution in [1.82, 2.24) is 4.57 Å². The van der Waals surface area contributed by atoms with Crippen LogP contribution in [0.1, 0.15) is 41.0 Å². The molecule has 0 unspecified atom stereocenters. The standard InChI is InChI=1S/C21H21NO2/c1-13-17(10-14-6-4-3-5-7-14)21(24)22(2)18-11-16(15-8-9-15)12-19(23)20(13)18/h3-7,11-12,15,23H,8-10H2,1-2H3. The zero-order chi connectivity index (χ0) is 16.8. The monoisotopic (exact) mass is 319 g/mol. The van der Waals surface area contributed by atoms with Crippen LogP contribution < -0.4 is 5.56 Å². The maximum absolute atomic E-state index is 12.9. The van der Waals surface area contributed by atoms with Crippen LogP contribution in [0.25, 0.3) is 10.9 Å². The van der Waals surface area contributed by atoms with Gasteiger partial charge in [-0.2, -0.15) is 0 Å². The van der Waals surface area contributed by atoms with Gasteiger partial charge in [-0.05, 0) is 54.5 Å². The number of hydrogen-bond acceptors (Lipinski definition) is 2. The zero-order valence-corrected chi connectivity index (χ0v) is 14.0. The van der Waals surface area contributed by atoms with Crippen molar-refractivity contribution >= 4 is 10.9 Å². The Hall–Kier alpha value is -2.55. The summed E-state index contributed by atoms with van der Waals surface area (Å²) >= 11 is 0. The van der Waals surface area contributed by atoms with Crippen LogP contribution in [-0.4, -0.2) is 9.67 Å². The first-order valence-corrected chi connectivity index (χ1v) is 8.45. The molecule has 0 spiro atoms. The summed E-state index contributed by atoms with van der Waals surface area (Å²) < 4.78 is 1.69. The Morgan fingerprint density at radius 2 is 1.88 bits per heavy atom. The fraction of sp³-hybridized carbons (Fsp3) is 0.286. The predicted octanol–water partition coefficient (Wildman–Crippen LogP) is 4.02. The SMILES string of the molecule is Cc1c(Cc2ccccc2)c(=O)n(C)c2cc(C3CC3)cc(O)c12. The van der Waals surface area contributed by atoms with Gasteiger partial charge in [0.1, 0.15) is 5.75 Å². The molecule has 3 aromatic rings. The number of aryl methyl sites for hydroxylation is 2. The minimum Gasteiger partial charge on any atom is -0.507 e. The third-order valence-electron chi connectivity index (χ3n) is 5.14. The van der Waals surface area contributed by atoms with Gasteiger partial charge in [-0.3, -0.25) is 4.79 Å². The normalized spacial score (nSPS) is 14.2. The van der Waals surface area contributed by atoms with Gasteiger partial charge in [0, 0.05) is 24.4 Å². The highest BCUT2D eigenvalue weighted by Crippen LogP contribution is 2.43. The molecular formula is C21H21NO2. The first-order valence-electron chi connectivity index (χ1n) is 8.45. The third-order valence-corrected chi connectivity index (χ3v) is 5.14. The average Bonchev–Trinajstić information content (AvgIpc) is 3.42. The molecule has 3 heteroatoms. The van der Waals surface area contributed by atoms with Crippen molar-refractivity contribution in [1.29, 1.82) is 0 Å². The Kier molecular flexibility index (Phi) is 3.45. The van der Waals surface area contributed by atoms with Crippen LogP contribution in [-0.2, 0) is 13.5 Å². The fourth-order valence-electron chi connectivity index (χ4n) is 3.57. The molecule has 0 saturated heterocycles. The molecule has 0 aliphatic heterocycles. The van der Waals surface area contributed by atoms with E-state index in [9.17, 15) is 9.90 Å². The zero-order valence-electron chi connectivity index (χ0n) is 14.0. The molecule has 1 N–H and O–H groups in total. The lowest BCUT2D eigenvalue weighted by molar-refractivity contribution is 0.480. The van der Waals surface area contributed by atoms with E-state index in [-0.39, 0.29) is 11.3 Å². The highest BCUT2D eigenvalue weighted by molar-refractivity contribution is 5.90. The van der Waals surface area contributed by atoms with Crippen LogP contribution in [0.5, 0.6) is 5.75 Å². The number of phenolic OH excluding ortho intramolecular Hbond substituents is 1. The number of phenols is 1. The van der Waals surface area contributed by atoms with Crippen LogP contribution in [0.2, 0.25) is 0 Å². The molecule has 0 radical (unpaired) electrons. The Balaban J connectivity index is 1.94. The van der Waals surface area contributed by atoms with E-state index in [1.165, 1.54) is 12.8 Å². The van der Waals surface area contributed by atoms with Gasteiger partial charge in [0.2, 0.25) is 0 Å². The molecule has 24 heavy (non-hydrogen) atoms. The molecule has 1 aliphatic carbocycles. The second kappa shape index (κ2) is 5.52. The number of aromatic nitrogens is 1. The summed E-state index contributed by atoms with van der Waals surface area (Å²) in [6.07, 6.45) is 2.92. The molecule has 1 heterocycles. The molecule has 1 aliphatic rings. The molecule has 2 aromatic carbocycles. The molecule has 0 amide bonds. The topological polar surface area (TPSA) is 42.2 Å². The van der Waals surface area contributed by atoms with Crippen LogP contribution in [0.4, 0.5) is 0 Å². The maximum atomic E-state index is 12.9. The van der Waals surface area contributed by atoms with Crippen molar-refractivity contribution < 1.29 is 5.11 Å². The van der Waals surface area contributed by atoms with Crippen molar-refractivity contribution in [3.05, 3.63) is 75.1 Å². The first-order chi connectivity index (χ1) is 11.6. The summed E-state index contributed by atoms with van der Waals surface area (Å²) in [6.45, 7) is 1.94. The van der Waals surface area contributed by atoms with E-state index in [2.05, 4.69) is 6.07 Å². The molecule has 1 aromatic heterocycles. The van der Waals surface area contributed by atoms with Crippen molar-refractivity contribution in [2.24, 2.45) is 7.05 Å². The second-order valence-corrected chi connectivity index (χ2v) is 6.84. The van der Waals surface area contributed by atoms with Gasteiger partial charge in [-0.15, -0.1) is 0 Å². The van der Waals surface area contributed by atoms with Crippen molar-refractivity contribution in [2.45, 2.75) is 32.1 Å². The minimum absolute atomic E-state index is 0.0243. The van der Waals surface area contributed by atoms with E-state index in [4.69, 9.17) is 0 Å². The maximum Gasteiger partial charge on any atom is 0.254 e.